The monoisotopic (exact) mass is 227 g/mol. The molecule has 0 fully saturated rings. The summed E-state index contributed by atoms with van der Waals surface area (Å²) in [4.78, 5) is 4.18. The summed E-state index contributed by atoms with van der Waals surface area (Å²) in [5, 5.41) is 23.0. The highest BCUT2D eigenvalue weighted by atomic mass is 16.3. The molecule has 0 radical (unpaired) electrons. The number of aryl methyl sites for hydroxylation is 1. The van der Waals surface area contributed by atoms with E-state index in [4.69, 9.17) is 0 Å². The Labute approximate surface area is 96.1 Å². The van der Waals surface area contributed by atoms with E-state index in [1.165, 1.54) is 6.33 Å². The van der Waals surface area contributed by atoms with Crippen LogP contribution < -0.4 is 0 Å². The maximum absolute atomic E-state index is 9.45. The molecule has 1 rings (SSSR count). The van der Waals surface area contributed by atoms with Crippen molar-refractivity contribution in [2.45, 2.75) is 39.7 Å². The van der Waals surface area contributed by atoms with Gasteiger partial charge in [-0.05, 0) is 13.3 Å². The quantitative estimate of drug-likeness (QED) is 0.716. The molecular formula is C11H21N3O2. The molecule has 0 unspecified atom stereocenters. The second-order valence-corrected chi connectivity index (χ2v) is 4.24. The second-order valence-electron chi connectivity index (χ2n) is 4.24. The minimum absolute atomic E-state index is 0.0199. The molecule has 5 nitrogen and oxygen atoms in total. The van der Waals surface area contributed by atoms with Crippen LogP contribution in [0.4, 0.5) is 0 Å². The number of aliphatic hydroxyl groups is 2. The molecule has 0 aliphatic carbocycles. The van der Waals surface area contributed by atoms with Gasteiger partial charge in [-0.1, -0.05) is 13.3 Å². The van der Waals surface area contributed by atoms with E-state index in [1.807, 2.05) is 13.8 Å². The van der Waals surface area contributed by atoms with E-state index in [9.17, 15) is 10.2 Å². The molecule has 1 aromatic rings. The lowest BCUT2D eigenvalue weighted by Gasteiger charge is -2.28. The van der Waals surface area contributed by atoms with Gasteiger partial charge < -0.3 is 10.2 Å². The van der Waals surface area contributed by atoms with Gasteiger partial charge in [0.15, 0.2) is 0 Å². The average Bonchev–Trinajstić information content (AvgIpc) is 2.75. The third-order valence-corrected chi connectivity index (χ3v) is 2.98. The van der Waals surface area contributed by atoms with Gasteiger partial charge in [0.1, 0.15) is 12.2 Å². The summed E-state index contributed by atoms with van der Waals surface area (Å²) in [6.07, 6.45) is 3.81. The third-order valence-electron chi connectivity index (χ3n) is 2.98. The van der Waals surface area contributed by atoms with Gasteiger partial charge in [0.25, 0.3) is 0 Å². The summed E-state index contributed by atoms with van der Waals surface area (Å²) in [5.41, 5.74) is -0.464. The number of hydrogen-bond donors (Lipinski definition) is 2. The van der Waals surface area contributed by atoms with Gasteiger partial charge in [-0.15, -0.1) is 0 Å². The van der Waals surface area contributed by atoms with Crippen LogP contribution in [0.2, 0.25) is 0 Å². The predicted octanol–water partition coefficient (Wildman–Crippen LogP) is 0.612. The summed E-state index contributed by atoms with van der Waals surface area (Å²) >= 11 is 0. The van der Waals surface area contributed by atoms with E-state index in [-0.39, 0.29) is 13.2 Å². The van der Waals surface area contributed by atoms with Crippen molar-refractivity contribution in [1.82, 2.24) is 14.8 Å². The van der Waals surface area contributed by atoms with Gasteiger partial charge in [-0.25, -0.2) is 4.98 Å². The molecule has 0 amide bonds. The van der Waals surface area contributed by atoms with E-state index in [0.29, 0.717) is 6.42 Å². The van der Waals surface area contributed by atoms with Crippen LogP contribution in [0.3, 0.4) is 0 Å². The standard InChI is InChI=1S/C11H21N3O2/c1-3-5-11(7-15,8-16)6-10-12-9-13-14(10)4-2/h9,15-16H,3-8H2,1-2H3. The molecular weight excluding hydrogens is 206 g/mol. The summed E-state index contributed by atoms with van der Waals surface area (Å²) in [7, 11) is 0. The first-order chi connectivity index (χ1) is 7.71. The maximum Gasteiger partial charge on any atom is 0.138 e. The van der Waals surface area contributed by atoms with E-state index < -0.39 is 5.41 Å². The maximum atomic E-state index is 9.45. The molecule has 0 spiro atoms. The zero-order valence-corrected chi connectivity index (χ0v) is 10.1. The van der Waals surface area contributed by atoms with Crippen LogP contribution in [-0.2, 0) is 13.0 Å². The molecule has 0 aliphatic rings. The largest absolute Gasteiger partial charge is 0.396 e. The van der Waals surface area contributed by atoms with E-state index in [2.05, 4.69) is 10.1 Å². The summed E-state index contributed by atoms with van der Waals surface area (Å²) in [6, 6.07) is 0. The van der Waals surface area contributed by atoms with Crippen LogP contribution in [0.15, 0.2) is 6.33 Å². The van der Waals surface area contributed by atoms with Gasteiger partial charge in [0, 0.05) is 18.4 Å². The van der Waals surface area contributed by atoms with Gasteiger partial charge in [-0.2, -0.15) is 5.10 Å². The lowest BCUT2D eigenvalue weighted by Crippen LogP contribution is -2.33. The Bertz CT molecular complexity index is 308. The number of aromatic nitrogens is 3. The van der Waals surface area contributed by atoms with Crippen molar-refractivity contribution in [1.29, 1.82) is 0 Å². The first kappa shape index (κ1) is 13.1. The fraction of sp³-hybridized carbons (Fsp3) is 0.818. The molecule has 92 valence electrons. The molecule has 5 heteroatoms. The molecule has 1 heterocycles. The van der Waals surface area contributed by atoms with Crippen molar-refractivity contribution in [2.24, 2.45) is 5.41 Å². The number of nitrogens with zero attached hydrogens (tertiary/aromatic N) is 3. The van der Waals surface area contributed by atoms with Gasteiger partial charge >= 0.3 is 0 Å². The van der Waals surface area contributed by atoms with Crippen LogP contribution in [0.1, 0.15) is 32.5 Å². The van der Waals surface area contributed by atoms with Gasteiger partial charge in [-0.3, -0.25) is 4.68 Å². The molecule has 16 heavy (non-hydrogen) atoms. The Kier molecular flexibility index (Phi) is 4.89. The van der Waals surface area contributed by atoms with Crippen LogP contribution in [0.25, 0.3) is 0 Å². The molecule has 0 saturated heterocycles. The molecule has 1 aromatic heterocycles. The highest BCUT2D eigenvalue weighted by Crippen LogP contribution is 2.27. The van der Waals surface area contributed by atoms with E-state index >= 15 is 0 Å². The van der Waals surface area contributed by atoms with Crippen LogP contribution >= 0.6 is 0 Å². The zero-order valence-electron chi connectivity index (χ0n) is 10.1. The first-order valence-electron chi connectivity index (χ1n) is 5.79. The number of hydrogen-bond acceptors (Lipinski definition) is 4. The fourth-order valence-corrected chi connectivity index (χ4v) is 1.96. The minimum Gasteiger partial charge on any atom is -0.396 e. The van der Waals surface area contributed by atoms with Gasteiger partial charge in [0.2, 0.25) is 0 Å². The Hall–Kier alpha value is -0.940. The smallest absolute Gasteiger partial charge is 0.138 e. The van der Waals surface area contributed by atoms with Crippen molar-refractivity contribution in [3.05, 3.63) is 12.2 Å². The summed E-state index contributed by atoms with van der Waals surface area (Å²) < 4.78 is 1.80. The normalized spacial score (nSPS) is 12.0. The third kappa shape index (κ3) is 2.80. The molecule has 0 aliphatic heterocycles. The Morgan fingerprint density at radius 2 is 2.00 bits per heavy atom. The Balaban J connectivity index is 2.82. The number of rotatable bonds is 7. The zero-order chi connectivity index (χ0) is 12.0. The minimum atomic E-state index is -0.464. The average molecular weight is 227 g/mol. The lowest BCUT2D eigenvalue weighted by atomic mass is 9.81. The van der Waals surface area contributed by atoms with Crippen molar-refractivity contribution in [2.75, 3.05) is 13.2 Å². The van der Waals surface area contributed by atoms with Crippen LogP contribution in [0, 0.1) is 5.41 Å². The SMILES string of the molecule is CCCC(CO)(CO)Cc1ncnn1CC. The summed E-state index contributed by atoms with van der Waals surface area (Å²) in [6.45, 7) is 4.76. The number of aliphatic hydroxyl groups excluding tert-OH is 2. The molecule has 0 bridgehead atoms. The molecule has 0 saturated carbocycles. The Morgan fingerprint density at radius 1 is 1.31 bits per heavy atom. The summed E-state index contributed by atoms with van der Waals surface area (Å²) in [5.74, 6) is 0.832. The molecule has 0 atom stereocenters. The van der Waals surface area contributed by atoms with Crippen LogP contribution in [-0.4, -0.2) is 38.2 Å². The predicted molar refractivity (Wildman–Crippen MR) is 60.9 cm³/mol. The molecule has 0 aromatic carbocycles. The van der Waals surface area contributed by atoms with Crippen molar-refractivity contribution >= 4 is 0 Å². The Morgan fingerprint density at radius 3 is 2.50 bits per heavy atom. The fourth-order valence-electron chi connectivity index (χ4n) is 1.96. The lowest BCUT2D eigenvalue weighted by molar-refractivity contribution is 0.0441. The molecule has 2 N–H and O–H groups in total. The van der Waals surface area contributed by atoms with Crippen molar-refractivity contribution in [3.8, 4) is 0 Å². The first-order valence-corrected chi connectivity index (χ1v) is 5.79. The van der Waals surface area contributed by atoms with Crippen molar-refractivity contribution < 1.29 is 10.2 Å². The topological polar surface area (TPSA) is 71.2 Å². The highest BCUT2D eigenvalue weighted by Gasteiger charge is 2.30. The second kappa shape index (κ2) is 5.96. The van der Waals surface area contributed by atoms with E-state index in [0.717, 1.165) is 25.2 Å². The van der Waals surface area contributed by atoms with Crippen molar-refractivity contribution in [3.63, 3.8) is 0 Å². The van der Waals surface area contributed by atoms with E-state index in [1.54, 1.807) is 4.68 Å². The van der Waals surface area contributed by atoms with Crippen LogP contribution in [0.5, 0.6) is 0 Å². The van der Waals surface area contributed by atoms with Gasteiger partial charge in [0.05, 0.1) is 13.2 Å². The highest BCUT2D eigenvalue weighted by molar-refractivity contribution is 4.94.